The van der Waals surface area contributed by atoms with Crippen molar-refractivity contribution in [1.82, 2.24) is 10.3 Å². The zero-order valence-electron chi connectivity index (χ0n) is 15.2. The van der Waals surface area contributed by atoms with E-state index in [4.69, 9.17) is 0 Å². The van der Waals surface area contributed by atoms with Crippen LogP contribution >= 0.6 is 0 Å². The number of anilines is 1. The van der Waals surface area contributed by atoms with Crippen molar-refractivity contribution in [3.63, 3.8) is 0 Å². The van der Waals surface area contributed by atoms with Gasteiger partial charge >= 0.3 is 0 Å². The molecule has 0 saturated carbocycles. The number of pyridine rings is 1. The Bertz CT molecular complexity index is 746. The summed E-state index contributed by atoms with van der Waals surface area (Å²) < 4.78 is 0. The van der Waals surface area contributed by atoms with Gasteiger partial charge in [-0.3, -0.25) is 9.59 Å². The van der Waals surface area contributed by atoms with Gasteiger partial charge in [0.15, 0.2) is 0 Å². The van der Waals surface area contributed by atoms with Gasteiger partial charge in [-0.2, -0.15) is 0 Å². The zero-order valence-corrected chi connectivity index (χ0v) is 15.2. The molecule has 0 aliphatic heterocycles. The molecule has 2 amide bonds. The molecule has 132 valence electrons. The first-order chi connectivity index (χ1) is 11.8. The van der Waals surface area contributed by atoms with Crippen molar-refractivity contribution >= 4 is 17.5 Å². The number of carbonyl (C=O) groups excluding carboxylic acids is 2. The average molecular weight is 339 g/mol. The van der Waals surface area contributed by atoms with Crippen LogP contribution < -0.4 is 10.6 Å². The van der Waals surface area contributed by atoms with E-state index in [2.05, 4.69) is 36.4 Å². The maximum atomic E-state index is 12.4. The second-order valence-corrected chi connectivity index (χ2v) is 6.95. The molecule has 25 heavy (non-hydrogen) atoms. The molecule has 0 aliphatic carbocycles. The van der Waals surface area contributed by atoms with Gasteiger partial charge < -0.3 is 10.6 Å². The number of hydrogen-bond acceptors (Lipinski definition) is 3. The molecule has 0 bridgehead atoms. The normalized spacial score (nSPS) is 11.0. The van der Waals surface area contributed by atoms with Crippen LogP contribution in [0.5, 0.6) is 0 Å². The van der Waals surface area contributed by atoms with Crippen molar-refractivity contribution in [1.29, 1.82) is 0 Å². The summed E-state index contributed by atoms with van der Waals surface area (Å²) in [6.07, 6.45) is 0.844. The Morgan fingerprint density at radius 3 is 2.12 bits per heavy atom. The van der Waals surface area contributed by atoms with Gasteiger partial charge in [-0.05, 0) is 41.7 Å². The molecular formula is C20H25N3O2. The Labute approximate surface area is 148 Å². The molecule has 0 fully saturated rings. The topological polar surface area (TPSA) is 71.1 Å². The lowest BCUT2D eigenvalue weighted by atomic mass is 9.87. The van der Waals surface area contributed by atoms with Gasteiger partial charge in [-0.25, -0.2) is 4.98 Å². The molecule has 2 rings (SSSR count). The van der Waals surface area contributed by atoms with Crippen LogP contribution in [0.25, 0.3) is 0 Å². The minimum Gasteiger partial charge on any atom is -0.351 e. The van der Waals surface area contributed by atoms with Crippen molar-refractivity contribution in [3.05, 3.63) is 59.4 Å². The molecule has 0 atom stereocenters. The van der Waals surface area contributed by atoms with Gasteiger partial charge in [0.1, 0.15) is 11.4 Å². The summed E-state index contributed by atoms with van der Waals surface area (Å²) >= 11 is 0. The van der Waals surface area contributed by atoms with Gasteiger partial charge in [0.05, 0.1) is 0 Å². The van der Waals surface area contributed by atoms with Gasteiger partial charge in [0.2, 0.25) is 0 Å². The molecule has 1 aromatic heterocycles. The van der Waals surface area contributed by atoms with Crippen molar-refractivity contribution < 1.29 is 9.59 Å². The monoisotopic (exact) mass is 339 g/mol. The molecule has 0 radical (unpaired) electrons. The molecular weight excluding hydrogens is 314 g/mol. The second kappa shape index (κ2) is 7.92. The first kappa shape index (κ1) is 18.6. The van der Waals surface area contributed by atoms with E-state index < -0.39 is 0 Å². The summed E-state index contributed by atoms with van der Waals surface area (Å²) in [5, 5.41) is 5.56. The van der Waals surface area contributed by atoms with Crippen LogP contribution in [0.2, 0.25) is 0 Å². The van der Waals surface area contributed by atoms with E-state index in [1.54, 1.807) is 18.2 Å². The summed E-state index contributed by atoms with van der Waals surface area (Å²) in [6.45, 7) is 8.97. The van der Waals surface area contributed by atoms with E-state index >= 15 is 0 Å². The summed E-state index contributed by atoms with van der Waals surface area (Å²) in [4.78, 5) is 28.5. The largest absolute Gasteiger partial charge is 0.351 e. The van der Waals surface area contributed by atoms with Crippen LogP contribution in [0.15, 0.2) is 42.5 Å². The zero-order chi connectivity index (χ0) is 18.4. The molecule has 1 heterocycles. The molecule has 0 saturated heterocycles. The second-order valence-electron chi connectivity index (χ2n) is 6.95. The van der Waals surface area contributed by atoms with Crippen molar-refractivity contribution in [3.8, 4) is 0 Å². The van der Waals surface area contributed by atoms with E-state index in [9.17, 15) is 9.59 Å². The van der Waals surface area contributed by atoms with Crippen LogP contribution in [0.4, 0.5) is 5.69 Å². The van der Waals surface area contributed by atoms with Crippen LogP contribution in [0, 0.1) is 0 Å². The number of amides is 2. The molecule has 2 N–H and O–H groups in total. The Morgan fingerprint density at radius 2 is 1.56 bits per heavy atom. The molecule has 0 spiro atoms. The highest BCUT2D eigenvalue weighted by atomic mass is 16.2. The molecule has 5 heteroatoms. The van der Waals surface area contributed by atoms with Gasteiger partial charge in [0.25, 0.3) is 11.8 Å². The highest BCUT2D eigenvalue weighted by Crippen LogP contribution is 2.23. The first-order valence-electron chi connectivity index (χ1n) is 8.48. The molecule has 1 aromatic carbocycles. The lowest BCUT2D eigenvalue weighted by Gasteiger charge is -2.19. The fraction of sp³-hybridized carbons (Fsp3) is 0.350. The third-order valence-corrected chi connectivity index (χ3v) is 3.76. The first-order valence-corrected chi connectivity index (χ1v) is 8.48. The van der Waals surface area contributed by atoms with Crippen LogP contribution in [0.1, 0.15) is 60.7 Å². The van der Waals surface area contributed by atoms with Crippen LogP contribution in [0.3, 0.4) is 0 Å². The Hall–Kier alpha value is -2.69. The van der Waals surface area contributed by atoms with Crippen molar-refractivity contribution in [2.45, 2.75) is 39.5 Å². The van der Waals surface area contributed by atoms with E-state index in [-0.39, 0.29) is 28.6 Å². The Morgan fingerprint density at radius 1 is 0.960 bits per heavy atom. The maximum Gasteiger partial charge on any atom is 0.274 e. The van der Waals surface area contributed by atoms with Crippen LogP contribution in [-0.2, 0) is 5.41 Å². The number of hydrogen-bond donors (Lipinski definition) is 2. The van der Waals surface area contributed by atoms with Gasteiger partial charge in [0, 0.05) is 12.2 Å². The van der Waals surface area contributed by atoms with Gasteiger partial charge in [-0.15, -0.1) is 0 Å². The molecule has 5 nitrogen and oxygen atoms in total. The van der Waals surface area contributed by atoms with Crippen LogP contribution in [-0.4, -0.2) is 23.3 Å². The fourth-order valence-corrected chi connectivity index (χ4v) is 2.27. The number of benzene rings is 1. The van der Waals surface area contributed by atoms with E-state index in [0.717, 1.165) is 6.42 Å². The third kappa shape index (κ3) is 5.14. The fourth-order valence-electron chi connectivity index (χ4n) is 2.27. The quantitative estimate of drug-likeness (QED) is 0.871. The Kier molecular flexibility index (Phi) is 5.91. The lowest BCUT2D eigenvalue weighted by Crippen LogP contribution is -2.26. The molecule has 0 aliphatic rings. The highest BCUT2D eigenvalue weighted by Gasteiger charge is 2.15. The number of nitrogens with one attached hydrogen (secondary N) is 2. The van der Waals surface area contributed by atoms with Crippen molar-refractivity contribution in [2.75, 3.05) is 11.9 Å². The van der Waals surface area contributed by atoms with Gasteiger partial charge in [-0.1, -0.05) is 45.9 Å². The molecule has 2 aromatic rings. The number of aromatic nitrogens is 1. The highest BCUT2D eigenvalue weighted by molar-refractivity contribution is 6.03. The Balaban J connectivity index is 2.09. The van der Waals surface area contributed by atoms with E-state index in [1.165, 1.54) is 5.56 Å². The lowest BCUT2D eigenvalue weighted by molar-refractivity contribution is 0.0948. The summed E-state index contributed by atoms with van der Waals surface area (Å²) in [6, 6.07) is 12.6. The standard InChI is InChI=1S/C20H25N3O2/c1-5-13-21-18(24)16-7-6-8-17(23-16)19(25)22-15-11-9-14(10-12-15)20(2,3)4/h6-12H,5,13H2,1-4H3,(H,21,24)(H,22,25). The summed E-state index contributed by atoms with van der Waals surface area (Å²) in [5.74, 6) is -0.611. The smallest absolute Gasteiger partial charge is 0.274 e. The minimum absolute atomic E-state index is 0.0598. The predicted molar refractivity (Wildman–Crippen MR) is 100.0 cm³/mol. The SMILES string of the molecule is CCCNC(=O)c1cccc(C(=O)Nc2ccc(C(C)(C)C)cc2)n1. The predicted octanol–water partition coefficient (Wildman–Crippen LogP) is 3.77. The molecule has 0 unspecified atom stereocenters. The average Bonchev–Trinajstić information content (AvgIpc) is 2.59. The third-order valence-electron chi connectivity index (χ3n) is 3.76. The van der Waals surface area contributed by atoms with E-state index in [0.29, 0.717) is 12.2 Å². The maximum absolute atomic E-state index is 12.4. The summed E-state index contributed by atoms with van der Waals surface area (Å²) in [5.41, 5.74) is 2.40. The summed E-state index contributed by atoms with van der Waals surface area (Å²) in [7, 11) is 0. The van der Waals surface area contributed by atoms with E-state index in [1.807, 2.05) is 31.2 Å². The minimum atomic E-state index is -0.339. The number of nitrogens with zero attached hydrogens (tertiary/aromatic N) is 1. The number of rotatable bonds is 5. The van der Waals surface area contributed by atoms with Crippen molar-refractivity contribution in [2.24, 2.45) is 0 Å². The number of carbonyl (C=O) groups is 2.